The predicted octanol–water partition coefficient (Wildman–Crippen LogP) is 3.47. The van der Waals surface area contributed by atoms with Crippen molar-refractivity contribution >= 4 is 11.8 Å². The number of nitrogens with one attached hydrogen (secondary N) is 2. The second-order valence-corrected chi connectivity index (χ2v) is 9.08. The largest absolute Gasteiger partial charge is 0.503 e. The molecule has 0 spiro atoms. The Balaban J connectivity index is 1.66. The molecule has 36 heavy (non-hydrogen) atoms. The van der Waals surface area contributed by atoms with Gasteiger partial charge in [0.25, 0.3) is 11.8 Å². The quantitative estimate of drug-likeness (QED) is 0.465. The number of halogens is 2. The molecule has 2 heterocycles. The molecule has 1 aliphatic heterocycles. The Morgan fingerprint density at radius 1 is 1.03 bits per heavy atom. The Kier molecular flexibility index (Phi) is 7.16. The molecule has 0 radical (unpaired) electrons. The van der Waals surface area contributed by atoms with Crippen molar-refractivity contribution in [1.29, 1.82) is 0 Å². The van der Waals surface area contributed by atoms with Crippen LogP contribution in [0.2, 0.25) is 0 Å². The molecule has 188 valence electrons. The number of aromatic hydroxyl groups is 1. The summed E-state index contributed by atoms with van der Waals surface area (Å²) in [5.41, 5.74) is 2.84. The Bertz CT molecular complexity index is 1340. The first kappa shape index (κ1) is 25.1. The van der Waals surface area contributed by atoms with E-state index in [-0.39, 0.29) is 30.3 Å². The molecule has 1 aliphatic rings. The van der Waals surface area contributed by atoms with Crippen molar-refractivity contribution in [2.75, 3.05) is 0 Å². The highest BCUT2D eigenvalue weighted by Gasteiger charge is 2.35. The first-order chi connectivity index (χ1) is 17.1. The number of hydrogen-bond donors (Lipinski definition) is 3. The molecule has 10 heteroatoms. The zero-order valence-electron chi connectivity index (χ0n) is 19.8. The maximum atomic E-state index is 13.3. The van der Waals surface area contributed by atoms with E-state index in [0.717, 1.165) is 0 Å². The number of fused-ring (bicyclic) bond motifs is 1. The summed E-state index contributed by atoms with van der Waals surface area (Å²) in [5, 5.41) is 14.6. The lowest BCUT2D eigenvalue weighted by Crippen LogP contribution is -2.53. The molecule has 0 bridgehead atoms. The molecule has 2 amide bonds. The molecule has 1 atom stereocenters. The summed E-state index contributed by atoms with van der Waals surface area (Å²) in [6, 6.07) is 11.2. The summed E-state index contributed by atoms with van der Waals surface area (Å²) >= 11 is 0. The van der Waals surface area contributed by atoms with E-state index >= 15 is 0 Å². The Labute approximate surface area is 206 Å². The average Bonchev–Trinajstić information content (AvgIpc) is 2.84. The van der Waals surface area contributed by atoms with Crippen LogP contribution in [0.1, 0.15) is 58.4 Å². The monoisotopic (exact) mass is 496 g/mol. The maximum absolute atomic E-state index is 13.3. The van der Waals surface area contributed by atoms with Crippen LogP contribution in [0.5, 0.6) is 5.75 Å². The van der Waals surface area contributed by atoms with E-state index in [1.165, 1.54) is 64.3 Å². The van der Waals surface area contributed by atoms with Crippen molar-refractivity contribution in [2.45, 2.75) is 39.5 Å². The molecule has 1 unspecified atom stereocenters. The van der Waals surface area contributed by atoms with Gasteiger partial charge < -0.3 is 15.0 Å². The van der Waals surface area contributed by atoms with Crippen molar-refractivity contribution in [3.05, 3.63) is 99.0 Å². The number of hydrazine groups is 1. The molecule has 4 rings (SSSR count). The van der Waals surface area contributed by atoms with Crippen molar-refractivity contribution < 1.29 is 23.5 Å². The van der Waals surface area contributed by atoms with Gasteiger partial charge in [0, 0.05) is 12.7 Å². The van der Waals surface area contributed by atoms with E-state index in [2.05, 4.69) is 10.7 Å². The van der Waals surface area contributed by atoms with Gasteiger partial charge in [-0.2, -0.15) is 0 Å². The second-order valence-electron chi connectivity index (χ2n) is 9.08. The third-order valence-electron chi connectivity index (χ3n) is 5.86. The van der Waals surface area contributed by atoms with E-state index < -0.39 is 40.8 Å². The van der Waals surface area contributed by atoms with Gasteiger partial charge in [0.2, 0.25) is 5.43 Å². The molecule has 0 aliphatic carbocycles. The van der Waals surface area contributed by atoms with Gasteiger partial charge in [0.15, 0.2) is 11.4 Å². The molecular weight excluding hydrogens is 470 g/mol. The van der Waals surface area contributed by atoms with E-state index in [1.807, 2.05) is 13.8 Å². The van der Waals surface area contributed by atoms with Crippen LogP contribution < -0.4 is 16.2 Å². The predicted molar refractivity (Wildman–Crippen MR) is 128 cm³/mol. The van der Waals surface area contributed by atoms with Gasteiger partial charge in [-0.05, 0) is 47.7 Å². The minimum absolute atomic E-state index is 0.0408. The van der Waals surface area contributed by atoms with Crippen LogP contribution in [0.15, 0.2) is 59.5 Å². The fraction of sp³-hybridized carbons (Fsp3) is 0.269. The number of rotatable bonds is 7. The molecule has 3 aromatic rings. The zero-order chi connectivity index (χ0) is 26.0. The van der Waals surface area contributed by atoms with E-state index in [0.29, 0.717) is 17.5 Å². The number of benzene rings is 2. The van der Waals surface area contributed by atoms with Gasteiger partial charge in [0.1, 0.15) is 23.4 Å². The summed E-state index contributed by atoms with van der Waals surface area (Å²) in [4.78, 5) is 39.0. The smallest absolute Gasteiger partial charge is 0.289 e. The zero-order valence-corrected chi connectivity index (χ0v) is 19.8. The van der Waals surface area contributed by atoms with Gasteiger partial charge >= 0.3 is 0 Å². The summed E-state index contributed by atoms with van der Waals surface area (Å²) in [7, 11) is 0. The third-order valence-corrected chi connectivity index (χ3v) is 5.86. The number of pyridine rings is 1. The molecule has 0 saturated carbocycles. The minimum atomic E-state index is -0.974. The minimum Gasteiger partial charge on any atom is -0.503 e. The highest BCUT2D eigenvalue weighted by molar-refractivity contribution is 5.98. The van der Waals surface area contributed by atoms with Crippen molar-refractivity contribution in [3.63, 3.8) is 0 Å². The summed E-state index contributed by atoms with van der Waals surface area (Å²) < 4.78 is 27.8. The number of carbonyl (C=O) groups is 2. The average molecular weight is 497 g/mol. The summed E-state index contributed by atoms with van der Waals surface area (Å²) in [6.07, 6.45) is 1.23. The Morgan fingerprint density at radius 2 is 1.61 bits per heavy atom. The lowest BCUT2D eigenvalue weighted by atomic mass is 10.1. The van der Waals surface area contributed by atoms with Crippen molar-refractivity contribution in [3.8, 4) is 5.75 Å². The van der Waals surface area contributed by atoms with Crippen molar-refractivity contribution in [1.82, 2.24) is 20.3 Å². The second kappa shape index (κ2) is 10.3. The normalized spacial score (nSPS) is 15.2. The lowest BCUT2D eigenvalue weighted by Gasteiger charge is -2.38. The number of nitrogens with zero attached hydrogens (tertiary/aromatic N) is 2. The number of carbonyl (C=O) groups excluding carboxylic acids is 2. The maximum Gasteiger partial charge on any atom is 0.289 e. The van der Waals surface area contributed by atoms with Crippen molar-refractivity contribution in [2.24, 2.45) is 5.92 Å². The summed E-state index contributed by atoms with van der Waals surface area (Å²) in [5.74, 6) is -2.88. The first-order valence-electron chi connectivity index (χ1n) is 11.5. The number of hydrogen-bond acceptors (Lipinski definition) is 5. The van der Waals surface area contributed by atoms with Gasteiger partial charge in [-0.15, -0.1) is 0 Å². The van der Waals surface area contributed by atoms with Gasteiger partial charge in [0.05, 0.1) is 6.54 Å². The van der Waals surface area contributed by atoms with Crippen LogP contribution >= 0.6 is 0 Å². The first-order valence-corrected chi connectivity index (χ1v) is 11.5. The number of aromatic nitrogens is 1. The topological polar surface area (TPSA) is 104 Å². The number of amides is 2. The molecular formula is C26H26F2N4O4. The highest BCUT2D eigenvalue weighted by Crippen LogP contribution is 2.28. The van der Waals surface area contributed by atoms with Gasteiger partial charge in [-0.25, -0.2) is 14.2 Å². The van der Waals surface area contributed by atoms with Crippen LogP contribution in [0.3, 0.4) is 0 Å². The standard InChI is InChI=1S/C26H26F2N4O4/c1-15(2)11-21-30-32(13-17-5-9-19(28)10-6-17)26(36)22-24(34)23(33)20(14-31(21)22)25(35)29-12-16-3-7-18(27)8-4-16/h3-10,14-15,21,30,34H,11-13H2,1-2H3,(H,29,35). The molecule has 8 nitrogen and oxygen atoms in total. The van der Waals surface area contributed by atoms with Gasteiger partial charge in [-0.1, -0.05) is 38.1 Å². The lowest BCUT2D eigenvalue weighted by molar-refractivity contribution is 0.0403. The Hall–Kier alpha value is -4.05. The molecule has 0 fully saturated rings. The molecule has 3 N–H and O–H groups in total. The molecule has 0 saturated heterocycles. The molecule has 2 aromatic carbocycles. The van der Waals surface area contributed by atoms with E-state index in [4.69, 9.17) is 0 Å². The van der Waals surface area contributed by atoms with Crippen LogP contribution in [0, 0.1) is 17.6 Å². The van der Waals surface area contributed by atoms with Gasteiger partial charge in [-0.3, -0.25) is 19.4 Å². The SMILES string of the molecule is CC(C)CC1NN(Cc2ccc(F)cc2)C(=O)c2c(O)c(=O)c(C(=O)NCc3ccc(F)cc3)cn21. The third kappa shape index (κ3) is 5.28. The molecule has 1 aromatic heterocycles. The van der Waals surface area contributed by atoms with Crippen LogP contribution in [0.25, 0.3) is 0 Å². The van der Waals surface area contributed by atoms with E-state index in [1.54, 1.807) is 0 Å². The summed E-state index contributed by atoms with van der Waals surface area (Å²) in [6.45, 7) is 4.06. The van der Waals surface area contributed by atoms with E-state index in [9.17, 15) is 28.3 Å². The van der Waals surface area contributed by atoms with Crippen LogP contribution in [0.4, 0.5) is 8.78 Å². The Morgan fingerprint density at radius 3 is 2.19 bits per heavy atom. The highest BCUT2D eigenvalue weighted by atomic mass is 19.1. The fourth-order valence-electron chi connectivity index (χ4n) is 4.05. The van der Waals surface area contributed by atoms with Crippen LogP contribution in [-0.2, 0) is 13.1 Å². The van der Waals surface area contributed by atoms with Crippen LogP contribution in [-0.4, -0.2) is 26.5 Å². The fourth-order valence-corrected chi connectivity index (χ4v) is 4.05.